The van der Waals surface area contributed by atoms with Crippen LogP contribution in [0.5, 0.6) is 5.75 Å². The monoisotopic (exact) mass is 363 g/mol. The molecular weight excluding hydrogens is 347 g/mol. The number of carbonyl (C=O) groups excluding carboxylic acids is 2. The Hall–Kier alpha value is -1.61. The number of aliphatic hydroxyl groups is 1. The number of aliphatic hydroxyl groups excluding tert-OH is 1. The van der Waals surface area contributed by atoms with E-state index in [-0.39, 0.29) is 16.5 Å². The third kappa shape index (κ3) is 2.69. The molecule has 1 fully saturated rings. The number of hydrogen-bond donors (Lipinski definition) is 1. The minimum atomic E-state index is -4.99. The smallest absolute Gasteiger partial charge is 0.455 e. The highest BCUT2D eigenvalue weighted by Crippen LogP contribution is 2.48. The van der Waals surface area contributed by atoms with Crippen LogP contribution in [-0.4, -0.2) is 46.1 Å². The molecule has 0 aliphatic carbocycles. The van der Waals surface area contributed by atoms with Gasteiger partial charge in [0, 0.05) is 19.0 Å². The standard InChI is InChI=1S/C15H16F3NO4S/c1-14(2)13(22)10(19-5-3-4-9(19)20)11-7(23-14)6-8(24-11)12(21)15(16,17)18/h6,10,13,22H,3-5H2,1-2H3/t10-,13+/m0/s1. The first-order chi connectivity index (χ1) is 11.0. The topological polar surface area (TPSA) is 66.8 Å². The molecule has 2 aliphatic rings. The third-order valence-electron chi connectivity index (χ3n) is 4.30. The molecule has 1 aromatic rings. The van der Waals surface area contributed by atoms with Crippen molar-refractivity contribution in [1.29, 1.82) is 0 Å². The van der Waals surface area contributed by atoms with E-state index in [0.717, 1.165) is 6.07 Å². The van der Waals surface area contributed by atoms with Crippen molar-refractivity contribution >= 4 is 23.0 Å². The van der Waals surface area contributed by atoms with Gasteiger partial charge in [-0.3, -0.25) is 9.59 Å². The molecule has 132 valence electrons. The van der Waals surface area contributed by atoms with E-state index in [4.69, 9.17) is 4.74 Å². The minimum absolute atomic E-state index is 0.118. The van der Waals surface area contributed by atoms with Crippen LogP contribution in [0.25, 0.3) is 0 Å². The molecule has 5 nitrogen and oxygen atoms in total. The Morgan fingerprint density at radius 2 is 2.12 bits per heavy atom. The number of carbonyl (C=O) groups is 2. The predicted octanol–water partition coefficient (Wildman–Crippen LogP) is 2.69. The fraction of sp³-hybridized carbons (Fsp3) is 0.600. The van der Waals surface area contributed by atoms with Gasteiger partial charge in [-0.05, 0) is 20.3 Å². The first-order valence-corrected chi connectivity index (χ1v) is 8.26. The van der Waals surface area contributed by atoms with E-state index in [2.05, 4.69) is 0 Å². The van der Waals surface area contributed by atoms with Gasteiger partial charge in [-0.2, -0.15) is 13.2 Å². The maximum atomic E-state index is 12.7. The first kappa shape index (κ1) is 17.2. The molecule has 2 atom stereocenters. The van der Waals surface area contributed by atoms with Crippen molar-refractivity contribution in [2.45, 2.75) is 50.6 Å². The van der Waals surface area contributed by atoms with Crippen molar-refractivity contribution in [3.8, 4) is 5.75 Å². The van der Waals surface area contributed by atoms with Crippen LogP contribution >= 0.6 is 11.3 Å². The molecule has 0 aromatic carbocycles. The zero-order valence-electron chi connectivity index (χ0n) is 13.0. The summed E-state index contributed by atoms with van der Waals surface area (Å²) >= 11 is 0.623. The molecule has 0 spiro atoms. The average Bonchev–Trinajstić information content (AvgIpc) is 3.04. The van der Waals surface area contributed by atoms with Crippen molar-refractivity contribution in [2.24, 2.45) is 0 Å². The predicted molar refractivity (Wildman–Crippen MR) is 79.1 cm³/mol. The van der Waals surface area contributed by atoms with Gasteiger partial charge in [-0.15, -0.1) is 11.3 Å². The molecule has 1 saturated heterocycles. The van der Waals surface area contributed by atoms with Gasteiger partial charge >= 0.3 is 6.18 Å². The maximum Gasteiger partial charge on any atom is 0.455 e. The lowest BCUT2D eigenvalue weighted by Gasteiger charge is -2.43. The first-order valence-electron chi connectivity index (χ1n) is 7.44. The molecule has 0 unspecified atom stereocenters. The van der Waals surface area contributed by atoms with E-state index >= 15 is 0 Å². The van der Waals surface area contributed by atoms with Crippen molar-refractivity contribution in [3.63, 3.8) is 0 Å². The van der Waals surface area contributed by atoms with Crippen LogP contribution in [0.3, 0.4) is 0 Å². The van der Waals surface area contributed by atoms with E-state index in [1.165, 1.54) is 4.90 Å². The summed E-state index contributed by atoms with van der Waals surface area (Å²) in [4.78, 5) is 24.8. The van der Waals surface area contributed by atoms with E-state index in [1.807, 2.05) is 0 Å². The number of fused-ring (bicyclic) bond motifs is 1. The number of rotatable bonds is 2. The van der Waals surface area contributed by atoms with Crippen LogP contribution in [0.15, 0.2) is 6.07 Å². The number of Topliss-reactive ketones (excluding diaryl/α,β-unsaturated/α-hetero) is 1. The fourth-order valence-corrected chi connectivity index (χ4v) is 4.26. The van der Waals surface area contributed by atoms with Crippen molar-refractivity contribution in [1.82, 2.24) is 4.90 Å². The molecule has 0 saturated carbocycles. The van der Waals surface area contributed by atoms with Crippen LogP contribution in [0, 0.1) is 0 Å². The van der Waals surface area contributed by atoms with Crippen molar-refractivity contribution in [3.05, 3.63) is 15.8 Å². The summed E-state index contributed by atoms with van der Waals surface area (Å²) in [6, 6.07) is 0.246. The summed E-state index contributed by atoms with van der Waals surface area (Å²) in [6.07, 6.45) is -5.14. The molecule has 0 radical (unpaired) electrons. The summed E-state index contributed by atoms with van der Waals surface area (Å²) in [5.41, 5.74) is -1.10. The molecule has 0 bridgehead atoms. The molecule has 9 heteroatoms. The molecular formula is C15H16F3NO4S. The van der Waals surface area contributed by atoms with Gasteiger partial charge in [-0.1, -0.05) is 0 Å². The Balaban J connectivity index is 2.07. The van der Waals surface area contributed by atoms with Crippen LogP contribution in [0.2, 0.25) is 0 Å². The molecule has 3 heterocycles. The van der Waals surface area contributed by atoms with Gasteiger partial charge < -0.3 is 14.7 Å². The SMILES string of the molecule is CC1(C)Oc2cc(C(=O)C(F)(F)F)sc2[C@H](N2CCCC2=O)[C@H]1O. The van der Waals surface area contributed by atoms with Gasteiger partial charge in [0.05, 0.1) is 15.8 Å². The summed E-state index contributed by atoms with van der Waals surface area (Å²) < 4.78 is 43.7. The minimum Gasteiger partial charge on any atom is -0.484 e. The lowest BCUT2D eigenvalue weighted by atomic mass is 9.90. The van der Waals surface area contributed by atoms with Gasteiger partial charge in [0.25, 0.3) is 5.78 Å². The highest BCUT2D eigenvalue weighted by molar-refractivity contribution is 7.14. The van der Waals surface area contributed by atoms with E-state index < -0.39 is 34.6 Å². The quantitative estimate of drug-likeness (QED) is 0.821. The highest BCUT2D eigenvalue weighted by atomic mass is 32.1. The Morgan fingerprint density at radius 3 is 2.67 bits per heavy atom. The Kier molecular flexibility index (Phi) is 3.91. The number of halogens is 3. The second-order valence-electron chi connectivity index (χ2n) is 6.45. The number of likely N-dealkylation sites (tertiary alicyclic amines) is 1. The van der Waals surface area contributed by atoms with Crippen LogP contribution in [0.1, 0.15) is 47.3 Å². The summed E-state index contributed by atoms with van der Waals surface area (Å²) in [5.74, 6) is -2.00. The Labute approximate surface area is 140 Å². The number of ketones is 1. The zero-order chi connectivity index (χ0) is 17.9. The third-order valence-corrected chi connectivity index (χ3v) is 5.49. The summed E-state index contributed by atoms with van der Waals surface area (Å²) in [5, 5.41) is 10.6. The lowest BCUT2D eigenvalue weighted by Crippen LogP contribution is -2.53. The highest BCUT2D eigenvalue weighted by Gasteiger charge is 2.50. The van der Waals surface area contributed by atoms with Crippen molar-refractivity contribution in [2.75, 3.05) is 6.54 Å². The van der Waals surface area contributed by atoms with Crippen molar-refractivity contribution < 1.29 is 32.6 Å². The largest absolute Gasteiger partial charge is 0.484 e. The van der Waals surface area contributed by atoms with Crippen LogP contribution in [0.4, 0.5) is 13.2 Å². The number of amides is 1. The molecule has 2 aliphatic heterocycles. The number of hydrogen-bond acceptors (Lipinski definition) is 5. The Morgan fingerprint density at radius 1 is 1.46 bits per heavy atom. The molecule has 3 rings (SSSR count). The second-order valence-corrected chi connectivity index (χ2v) is 7.54. The average molecular weight is 363 g/mol. The number of alkyl halides is 3. The number of ether oxygens (including phenoxy) is 1. The van der Waals surface area contributed by atoms with Crippen LogP contribution in [-0.2, 0) is 4.79 Å². The van der Waals surface area contributed by atoms with E-state index in [1.54, 1.807) is 13.8 Å². The van der Waals surface area contributed by atoms with Gasteiger partial charge in [0.2, 0.25) is 5.91 Å². The fourth-order valence-electron chi connectivity index (χ4n) is 3.07. The normalized spacial score (nSPS) is 26.2. The van der Waals surface area contributed by atoms with E-state index in [9.17, 15) is 27.9 Å². The molecule has 1 amide bonds. The molecule has 1 N–H and O–H groups in total. The van der Waals surface area contributed by atoms with Gasteiger partial charge in [0.1, 0.15) is 17.5 Å². The number of thiophene rings is 1. The molecule has 24 heavy (non-hydrogen) atoms. The van der Waals surface area contributed by atoms with E-state index in [0.29, 0.717) is 30.7 Å². The second kappa shape index (κ2) is 5.45. The number of nitrogens with zero attached hydrogens (tertiary/aromatic N) is 1. The zero-order valence-corrected chi connectivity index (χ0v) is 13.8. The maximum absolute atomic E-state index is 12.7. The summed E-state index contributed by atoms with van der Waals surface area (Å²) in [7, 11) is 0. The van der Waals surface area contributed by atoms with Gasteiger partial charge in [-0.25, -0.2) is 0 Å². The summed E-state index contributed by atoms with van der Waals surface area (Å²) in [6.45, 7) is 3.60. The van der Waals surface area contributed by atoms with Crippen LogP contribution < -0.4 is 4.74 Å². The van der Waals surface area contributed by atoms with Gasteiger partial charge in [0.15, 0.2) is 0 Å². The molecule has 1 aromatic heterocycles. The Bertz CT molecular complexity index is 697. The lowest BCUT2D eigenvalue weighted by molar-refractivity contribution is -0.139.